The molecule has 0 saturated carbocycles. The highest BCUT2D eigenvalue weighted by atomic mass is 16.4. The summed E-state index contributed by atoms with van der Waals surface area (Å²) in [7, 11) is 0. The molecule has 0 aromatic heterocycles. The van der Waals surface area contributed by atoms with Crippen molar-refractivity contribution in [3.05, 3.63) is 67.3 Å². The quantitative estimate of drug-likeness (QED) is 0.792. The molecule has 2 aromatic rings. The highest BCUT2D eigenvalue weighted by molar-refractivity contribution is 5.90. The molecule has 1 N–H and O–H groups in total. The van der Waals surface area contributed by atoms with Gasteiger partial charge in [-0.3, -0.25) is 0 Å². The number of carboxylic acids is 1. The Kier molecular flexibility index (Phi) is 4.70. The minimum absolute atomic E-state index is 0.833. The van der Waals surface area contributed by atoms with Crippen molar-refractivity contribution < 1.29 is 9.90 Å². The molecule has 2 aromatic carbocycles. The van der Waals surface area contributed by atoms with Crippen LogP contribution in [0.3, 0.4) is 0 Å². The van der Waals surface area contributed by atoms with Gasteiger partial charge in [0.05, 0.1) is 0 Å². The summed E-state index contributed by atoms with van der Waals surface area (Å²) in [4.78, 5) is 9.25. The summed E-state index contributed by atoms with van der Waals surface area (Å²) in [6, 6.07) is 14.6. The molecule has 2 rings (SSSR count). The molecule has 2 nitrogen and oxygen atoms in total. The summed E-state index contributed by atoms with van der Waals surface area (Å²) in [5.41, 5.74) is 1.20. The summed E-state index contributed by atoms with van der Waals surface area (Å²) in [5, 5.41) is 10.2. The zero-order valence-corrected chi connectivity index (χ0v) is 9.47. The maximum atomic E-state index is 9.25. The van der Waals surface area contributed by atoms with Gasteiger partial charge in [-0.2, -0.15) is 0 Å². The van der Waals surface area contributed by atoms with Crippen LogP contribution in [0.5, 0.6) is 0 Å². The van der Waals surface area contributed by atoms with Crippen molar-refractivity contribution in [2.75, 3.05) is 0 Å². The van der Waals surface area contributed by atoms with Gasteiger partial charge in [0.25, 0.3) is 0 Å². The molecule has 0 spiro atoms. The highest BCUT2D eigenvalue weighted by Gasteiger charge is 1.93. The van der Waals surface area contributed by atoms with Crippen LogP contribution >= 0.6 is 0 Å². The van der Waals surface area contributed by atoms with Crippen LogP contribution in [0.2, 0.25) is 0 Å². The smallest absolute Gasteiger partial charge is 0.327 e. The average molecular weight is 226 g/mol. The summed E-state index contributed by atoms with van der Waals surface area (Å²) < 4.78 is 0. The van der Waals surface area contributed by atoms with Gasteiger partial charge in [0.15, 0.2) is 0 Å². The zero-order chi connectivity index (χ0) is 12.7. The number of hydrogen-bond donors (Lipinski definition) is 1. The van der Waals surface area contributed by atoms with E-state index in [1.165, 1.54) is 16.3 Å². The summed E-state index contributed by atoms with van der Waals surface area (Å²) in [6.45, 7) is 6.74. The molecule has 86 valence electrons. The fraction of sp³-hybridized carbons (Fsp3) is 0. The Labute approximate surface area is 101 Å². The van der Waals surface area contributed by atoms with Gasteiger partial charge in [-0.15, -0.1) is 0 Å². The van der Waals surface area contributed by atoms with E-state index in [1.807, 2.05) is 6.08 Å². The third kappa shape index (κ3) is 3.61. The molecule has 0 unspecified atom stereocenters. The number of fused-ring (bicyclic) bond motifs is 1. The SMILES string of the molecule is C=CC(=O)O.C=Cc1cccc2ccccc12. The Hall–Kier alpha value is -2.35. The molecule has 0 saturated heterocycles. The number of hydrogen-bond acceptors (Lipinski definition) is 1. The third-order valence-corrected chi connectivity index (χ3v) is 2.22. The largest absolute Gasteiger partial charge is 0.478 e. The van der Waals surface area contributed by atoms with Crippen LogP contribution < -0.4 is 0 Å². The van der Waals surface area contributed by atoms with Crippen molar-refractivity contribution in [2.45, 2.75) is 0 Å². The van der Waals surface area contributed by atoms with Crippen LogP contribution in [0.4, 0.5) is 0 Å². The fourth-order valence-corrected chi connectivity index (χ4v) is 1.43. The molecule has 0 fully saturated rings. The average Bonchev–Trinajstić information content (AvgIpc) is 2.38. The van der Waals surface area contributed by atoms with Crippen LogP contribution in [0.25, 0.3) is 16.8 Å². The van der Waals surface area contributed by atoms with Gasteiger partial charge in [0.2, 0.25) is 0 Å². The molecular formula is C15H14O2. The summed E-state index contributed by atoms with van der Waals surface area (Å²) in [5.74, 6) is -0.981. The van der Waals surface area contributed by atoms with E-state index in [4.69, 9.17) is 5.11 Å². The molecule has 0 atom stereocenters. The minimum Gasteiger partial charge on any atom is -0.478 e. The van der Waals surface area contributed by atoms with Crippen LogP contribution in [0, 0.1) is 0 Å². The topological polar surface area (TPSA) is 37.3 Å². The van der Waals surface area contributed by atoms with Gasteiger partial charge in [-0.1, -0.05) is 61.7 Å². The van der Waals surface area contributed by atoms with E-state index in [1.54, 1.807) is 0 Å². The number of rotatable bonds is 2. The predicted molar refractivity (Wildman–Crippen MR) is 71.9 cm³/mol. The van der Waals surface area contributed by atoms with Gasteiger partial charge in [0, 0.05) is 6.08 Å². The first-order valence-electron chi connectivity index (χ1n) is 5.14. The molecule has 0 radical (unpaired) electrons. The molecule has 0 heterocycles. The maximum Gasteiger partial charge on any atom is 0.327 e. The van der Waals surface area contributed by atoms with Crippen molar-refractivity contribution in [2.24, 2.45) is 0 Å². The van der Waals surface area contributed by atoms with E-state index < -0.39 is 5.97 Å². The van der Waals surface area contributed by atoms with Gasteiger partial charge in [0.1, 0.15) is 0 Å². The minimum atomic E-state index is -0.981. The second kappa shape index (κ2) is 6.28. The predicted octanol–water partition coefficient (Wildman–Crippen LogP) is 3.74. The number of carbonyl (C=O) groups is 1. The zero-order valence-electron chi connectivity index (χ0n) is 9.47. The lowest BCUT2D eigenvalue weighted by molar-refractivity contribution is -0.131. The van der Waals surface area contributed by atoms with Gasteiger partial charge in [-0.05, 0) is 16.3 Å². The van der Waals surface area contributed by atoms with Crippen LogP contribution in [-0.4, -0.2) is 11.1 Å². The Morgan fingerprint density at radius 3 is 2.24 bits per heavy atom. The van der Waals surface area contributed by atoms with Gasteiger partial charge < -0.3 is 5.11 Å². The Morgan fingerprint density at radius 2 is 1.65 bits per heavy atom. The molecule has 17 heavy (non-hydrogen) atoms. The Balaban J connectivity index is 0.000000249. The molecule has 0 bridgehead atoms. The summed E-state index contributed by atoms with van der Waals surface area (Å²) >= 11 is 0. The first-order valence-corrected chi connectivity index (χ1v) is 5.14. The van der Waals surface area contributed by atoms with E-state index in [2.05, 4.69) is 55.6 Å². The Morgan fingerprint density at radius 1 is 1.06 bits per heavy atom. The third-order valence-electron chi connectivity index (χ3n) is 2.22. The Bertz CT molecular complexity index is 536. The lowest BCUT2D eigenvalue weighted by atomic mass is 10.1. The van der Waals surface area contributed by atoms with E-state index in [9.17, 15) is 4.79 Å². The number of benzene rings is 2. The van der Waals surface area contributed by atoms with E-state index in [0.29, 0.717) is 0 Å². The summed E-state index contributed by atoms with van der Waals surface area (Å²) in [6.07, 6.45) is 2.72. The normalized spacial score (nSPS) is 8.94. The van der Waals surface area contributed by atoms with E-state index >= 15 is 0 Å². The molecule has 0 aliphatic carbocycles. The second-order valence-corrected chi connectivity index (χ2v) is 3.31. The van der Waals surface area contributed by atoms with E-state index in [-0.39, 0.29) is 0 Å². The van der Waals surface area contributed by atoms with Crippen molar-refractivity contribution in [1.82, 2.24) is 0 Å². The van der Waals surface area contributed by atoms with Crippen LogP contribution in [-0.2, 0) is 4.79 Å². The lowest BCUT2D eigenvalue weighted by Crippen LogP contribution is -1.82. The highest BCUT2D eigenvalue weighted by Crippen LogP contribution is 2.18. The van der Waals surface area contributed by atoms with Crippen molar-refractivity contribution >= 4 is 22.8 Å². The van der Waals surface area contributed by atoms with Crippen molar-refractivity contribution in [3.8, 4) is 0 Å². The standard InChI is InChI=1S/C12H10.C3H4O2/c1-2-10-7-5-8-11-6-3-4-9-12(10)11;1-2-3(4)5/h2-9H,1H2;2H,1H2,(H,4,5). The maximum absolute atomic E-state index is 9.25. The van der Waals surface area contributed by atoms with Crippen molar-refractivity contribution in [3.63, 3.8) is 0 Å². The molecule has 0 aliphatic heterocycles. The molecule has 0 amide bonds. The first-order chi connectivity index (χ1) is 8.19. The molecule has 0 aliphatic rings. The number of carboxylic acid groups (broad SMARTS) is 1. The number of aliphatic carboxylic acids is 1. The van der Waals surface area contributed by atoms with Gasteiger partial charge >= 0.3 is 5.97 Å². The van der Waals surface area contributed by atoms with Crippen LogP contribution in [0.1, 0.15) is 5.56 Å². The first kappa shape index (κ1) is 12.7. The second-order valence-electron chi connectivity index (χ2n) is 3.31. The van der Waals surface area contributed by atoms with Crippen LogP contribution in [0.15, 0.2) is 61.7 Å². The van der Waals surface area contributed by atoms with Gasteiger partial charge in [-0.25, -0.2) is 4.79 Å². The molecular weight excluding hydrogens is 212 g/mol. The molecule has 2 heteroatoms. The lowest BCUT2D eigenvalue weighted by Gasteiger charge is -1.99. The fourth-order valence-electron chi connectivity index (χ4n) is 1.43. The monoisotopic (exact) mass is 226 g/mol. The van der Waals surface area contributed by atoms with Crippen molar-refractivity contribution in [1.29, 1.82) is 0 Å². The van der Waals surface area contributed by atoms with E-state index in [0.717, 1.165) is 6.08 Å².